The van der Waals surface area contributed by atoms with Crippen LogP contribution in [0.2, 0.25) is 0 Å². The number of rotatable bonds is 29. The van der Waals surface area contributed by atoms with E-state index in [-0.39, 0.29) is 295 Å². The summed E-state index contributed by atoms with van der Waals surface area (Å²) in [4.78, 5) is 32.5. The Morgan fingerprint density at radius 1 is 0.500 bits per heavy atom. The van der Waals surface area contributed by atoms with Crippen LogP contribution in [0.1, 0.15) is 138 Å². The molecule has 5 aliphatic rings. The van der Waals surface area contributed by atoms with Gasteiger partial charge >= 0.3 is 109 Å². The molecule has 9 aromatic rings. The zero-order valence-electron chi connectivity index (χ0n) is 64.0. The van der Waals surface area contributed by atoms with Crippen LogP contribution in [0, 0.1) is 76.6 Å². The van der Waals surface area contributed by atoms with Gasteiger partial charge in [0, 0.05) is 200 Å². The summed E-state index contributed by atoms with van der Waals surface area (Å²) in [7, 11) is -8.71. The second-order valence-electron chi connectivity index (χ2n) is 25.8. The molecule has 8 N–H and O–H groups in total. The summed E-state index contributed by atoms with van der Waals surface area (Å²) in [5, 5.41) is 39.5. The SMILES string of the molecule is N#Cc1cnc(NC(CN)c2ccc(F)cc2F)nc1.N#Cc1cnc(NC(CNS(=O)(=O)C2CC2)c2ccc(F)cc2F)nc1.O=S(=O)(Cl)C1CC1.O=S(=O)(NCC(Cc1ncc(-c2nnc(C(F)F)o2)cn1)c1ccc(F)cc1F)C1CC1.O=S(=O)(NCC(Cc1ncc(C2=NN=NC2)cn1)c1ccc(F)cc1F)C1CC1.[CH3-].[K+].[K+].[K].[OH-].[W]. The van der Waals surface area contributed by atoms with E-state index in [9.17, 15) is 77.6 Å². The standard InChI is InChI=1S/C19H17F4N5O3S.C18H18F2N6O2S.C16H15F2N5O2S.C13H11F2N5.C3H5ClO2S.CH3.3K.H2O.W/c20-12-1-4-14(15(21)6-12)10(9-26-32(29,30)13-2-3-13)5-16-24-7-11(8-25-16)18-27-28-19(31-18)17(22)23;19-13-1-4-15(16(20)6-13)11(9-24-29(27,28)14-2-3-14)5-18-21-7-12(8-22-18)17-10-23-26-25-17;17-11-1-4-13(14(18)5-11)15(9-22-26(24,25)12-2-3-12)23-16-20-7-10(6-19)8-21-16;14-9-1-2-10(11(15)3-9)12(5-17)20-13-18-6-8(4-16)7-19-13;4-7(5,6)3-1-2-3;;;;;;/h1,4,6-8,10,13,17,26H,2-3,5,9H2;1,4,6-8,11,14,24H,2-3,5,9-10H2;1,4-5,7-8,12,15,22H,2-3,9H2,(H,20,21,23);1-3,6-7,12H,5,17H2,(H,18,19,20);3H,1-2H2;1H3;;;;1H2;/q;;;;;-1;;2*+1;;/p-1. The van der Waals surface area contributed by atoms with Gasteiger partial charge in [-0.1, -0.05) is 24.3 Å². The van der Waals surface area contributed by atoms with Gasteiger partial charge in [0.15, 0.2) is 0 Å². The first-order valence-corrected chi connectivity index (χ1v) is 41.3. The second-order valence-corrected chi connectivity index (χ2v) is 34.9. The Morgan fingerprint density at radius 3 is 1.16 bits per heavy atom. The second kappa shape index (κ2) is 49.8. The van der Waals surface area contributed by atoms with Crippen LogP contribution >= 0.6 is 10.7 Å². The number of hydrogen-bond donors (Lipinski definition) is 6. The van der Waals surface area contributed by atoms with Crippen LogP contribution < -0.4 is 133 Å². The third-order valence-electron chi connectivity index (χ3n) is 17.2. The Kier molecular flexibility index (Phi) is 44.5. The third-order valence-corrected chi connectivity index (χ3v) is 25.0. The quantitative estimate of drug-likeness (QED) is 0.0168. The molecule has 4 aromatic carbocycles. The molecule has 4 unspecified atom stereocenters. The monoisotopic (exact) mass is 2020 g/mol. The molecule has 4 atom stereocenters. The van der Waals surface area contributed by atoms with Crippen molar-refractivity contribution in [1.29, 1.82) is 10.5 Å². The van der Waals surface area contributed by atoms with E-state index in [1.807, 2.05) is 12.1 Å². The van der Waals surface area contributed by atoms with E-state index in [1.54, 1.807) is 12.4 Å². The van der Waals surface area contributed by atoms with Crippen molar-refractivity contribution in [2.75, 3.05) is 43.4 Å². The minimum Gasteiger partial charge on any atom is -0.870 e. The molecule has 0 bridgehead atoms. The van der Waals surface area contributed by atoms with E-state index in [0.717, 1.165) is 61.4 Å². The fourth-order valence-corrected chi connectivity index (χ4v) is 15.9. The van der Waals surface area contributed by atoms with Gasteiger partial charge in [0.2, 0.25) is 51.0 Å². The average Bonchev–Trinajstić information content (AvgIpc) is 1.25. The topological polar surface area (TPSA) is 479 Å². The van der Waals surface area contributed by atoms with Crippen molar-refractivity contribution in [2.24, 2.45) is 21.2 Å². The minimum atomic E-state index is -3.53. The average molecular weight is 2020 g/mol. The molecule has 4 saturated carbocycles. The molecule has 0 amide bonds. The fourth-order valence-electron chi connectivity index (χ4n) is 10.4. The predicted octanol–water partition coefficient (Wildman–Crippen LogP) is 3.70. The molecular weight excluding hydrogens is 1950 g/mol. The first-order chi connectivity index (χ1) is 54.3. The zero-order chi connectivity index (χ0) is 82.1. The summed E-state index contributed by atoms with van der Waals surface area (Å²) in [5.74, 6) is -7.32. The van der Waals surface area contributed by atoms with Crippen LogP contribution in [0.4, 0.5) is 55.8 Å². The smallest absolute Gasteiger partial charge is 0.870 e. The van der Waals surface area contributed by atoms with Crippen molar-refractivity contribution in [1.82, 2.24) is 64.2 Å². The maximum absolute atomic E-state index is 14.4. The molecule has 625 valence electrons. The largest absolute Gasteiger partial charge is 1.00 e. The van der Waals surface area contributed by atoms with Crippen LogP contribution in [0.5, 0.6) is 0 Å². The number of alkyl halides is 2. The van der Waals surface area contributed by atoms with Crippen LogP contribution in [-0.4, -0.2) is 200 Å². The molecule has 50 heteroatoms. The van der Waals surface area contributed by atoms with Crippen molar-refractivity contribution >= 4 is 119 Å². The number of anilines is 2. The van der Waals surface area contributed by atoms with E-state index >= 15 is 0 Å². The first-order valence-electron chi connectivity index (χ1n) is 34.3. The van der Waals surface area contributed by atoms with E-state index in [4.69, 9.17) is 31.4 Å². The van der Waals surface area contributed by atoms with Gasteiger partial charge in [0.05, 0.1) is 80.3 Å². The number of nitrogens with one attached hydrogen (secondary N) is 5. The van der Waals surface area contributed by atoms with Crippen molar-refractivity contribution in [3.8, 4) is 23.6 Å². The number of sulfonamides is 3. The van der Waals surface area contributed by atoms with Crippen molar-refractivity contribution in [2.45, 2.75) is 116 Å². The molecule has 1 radical (unpaired) electrons. The van der Waals surface area contributed by atoms with E-state index in [0.29, 0.717) is 67.7 Å². The maximum Gasteiger partial charge on any atom is 1.00 e. The van der Waals surface area contributed by atoms with Crippen molar-refractivity contribution in [3.63, 3.8) is 0 Å². The molecule has 4 aliphatic carbocycles. The van der Waals surface area contributed by atoms with E-state index in [1.165, 1.54) is 61.4 Å². The number of nitrogens with zero attached hydrogens (tertiary/aromatic N) is 15. The summed E-state index contributed by atoms with van der Waals surface area (Å²) in [6, 6.07) is 14.9. The van der Waals surface area contributed by atoms with Crippen LogP contribution in [-0.2, 0) is 73.0 Å². The molecule has 4 fully saturated rings. The molecule has 0 spiro atoms. The molecular formula is C70H70ClF10K3N21O10S4W. The first kappa shape index (κ1) is 107. The normalized spacial score (nSPS) is 14.8. The molecule has 14 rings (SSSR count). The fraction of sp³-hybridized carbons (Fsp3) is 0.343. The van der Waals surface area contributed by atoms with Crippen molar-refractivity contribution < 1.29 is 211 Å². The summed E-state index contributed by atoms with van der Waals surface area (Å²) in [6.07, 6.45) is 13.3. The number of hydrogen-bond acceptors (Lipinski definition) is 28. The maximum atomic E-state index is 14.4. The van der Waals surface area contributed by atoms with Gasteiger partial charge in [0.25, 0.3) is 11.8 Å². The Bertz CT molecular complexity index is 5520. The molecule has 120 heavy (non-hydrogen) atoms. The summed E-state index contributed by atoms with van der Waals surface area (Å²) < 4.78 is 240. The summed E-state index contributed by atoms with van der Waals surface area (Å²) in [6.45, 7) is 0.108. The number of aromatic nitrogens is 10. The summed E-state index contributed by atoms with van der Waals surface area (Å²) >= 11 is 0. The van der Waals surface area contributed by atoms with Crippen molar-refractivity contribution in [3.05, 3.63) is 233 Å². The Hall–Kier alpha value is -5.02. The van der Waals surface area contributed by atoms with Crippen LogP contribution in [0.25, 0.3) is 11.5 Å². The minimum absolute atomic E-state index is 0. The van der Waals surface area contributed by atoms with Gasteiger partial charge in [-0.05, 0) is 92.0 Å². The third kappa shape index (κ3) is 33.1. The Morgan fingerprint density at radius 2 is 0.850 bits per heavy atom. The number of halogens is 11. The molecule has 1 aliphatic heterocycles. The number of nitriles is 2. The van der Waals surface area contributed by atoms with E-state index < -0.39 is 132 Å². The van der Waals surface area contributed by atoms with Gasteiger partial charge in [-0.25, -0.2) is 123 Å². The molecule has 0 saturated heterocycles. The van der Waals surface area contributed by atoms with Crippen LogP contribution in [0.15, 0.2) is 142 Å². The summed E-state index contributed by atoms with van der Waals surface area (Å²) in [5.41, 5.74) is 8.27. The Balaban J connectivity index is 0.000000325. The number of nitrogens with two attached hydrogens (primary N) is 1. The molecule has 31 nitrogen and oxygen atoms in total. The molecule has 5 aromatic heterocycles. The van der Waals surface area contributed by atoms with Gasteiger partial charge in [-0.15, -0.1) is 15.3 Å². The van der Waals surface area contributed by atoms with Gasteiger partial charge < -0.3 is 33.7 Å². The predicted molar refractivity (Wildman–Crippen MR) is 404 cm³/mol. The van der Waals surface area contributed by atoms with Gasteiger partial charge in [-0.2, -0.15) is 24.4 Å². The van der Waals surface area contributed by atoms with Gasteiger partial charge in [-0.3, -0.25) is 0 Å². The Labute approximate surface area is 829 Å². The molecule has 6 heterocycles. The number of benzene rings is 4. The van der Waals surface area contributed by atoms with Gasteiger partial charge in [0.1, 0.15) is 76.9 Å². The van der Waals surface area contributed by atoms with E-state index in [2.05, 4.69) is 90.3 Å². The zero-order valence-corrected chi connectivity index (χ0v) is 80.3. The van der Waals surface area contributed by atoms with Crippen LogP contribution in [0.3, 0.4) is 0 Å².